The molecule has 0 aliphatic rings. The van der Waals surface area contributed by atoms with Crippen molar-refractivity contribution in [3.05, 3.63) is 65.7 Å². The Labute approximate surface area is 220 Å². The van der Waals surface area contributed by atoms with E-state index in [9.17, 15) is 29.4 Å². The lowest BCUT2D eigenvalue weighted by molar-refractivity contribution is -0.142. The molecular weight excluding hydrogens is 496 g/mol. The molecule has 2 aromatic carbocycles. The molecule has 3 amide bonds. The topological polar surface area (TPSA) is 171 Å². The summed E-state index contributed by atoms with van der Waals surface area (Å²) in [5.74, 6) is -2.28. The molecule has 0 heterocycles. The van der Waals surface area contributed by atoms with E-state index in [2.05, 4.69) is 16.0 Å². The van der Waals surface area contributed by atoms with Gasteiger partial charge < -0.3 is 31.9 Å². The quantitative estimate of drug-likeness (QED) is 0.208. The maximum atomic E-state index is 13.1. The number of benzene rings is 2. The van der Waals surface area contributed by atoms with Gasteiger partial charge in [-0.15, -0.1) is 0 Å². The number of nitrogens with two attached hydrogens (primary N) is 1. The molecule has 0 fully saturated rings. The summed E-state index contributed by atoms with van der Waals surface area (Å²) in [4.78, 5) is 50.1. The first-order valence-electron chi connectivity index (χ1n) is 11.8. The number of aliphatic carboxylic acids is 1. The third-order valence-electron chi connectivity index (χ3n) is 5.63. The fourth-order valence-electron chi connectivity index (χ4n) is 3.46. The number of carbonyl (C=O) groups excluding carboxylic acids is 3. The van der Waals surface area contributed by atoms with E-state index in [0.717, 1.165) is 5.56 Å². The van der Waals surface area contributed by atoms with Crippen molar-refractivity contribution in [3.8, 4) is 5.75 Å². The van der Waals surface area contributed by atoms with Gasteiger partial charge in [0.05, 0.1) is 6.04 Å². The smallest absolute Gasteiger partial charge is 0.326 e. The van der Waals surface area contributed by atoms with Gasteiger partial charge in [0, 0.05) is 12.8 Å². The lowest BCUT2D eigenvalue weighted by atomic mass is 10.0. The van der Waals surface area contributed by atoms with Crippen molar-refractivity contribution < 1.29 is 29.4 Å². The summed E-state index contributed by atoms with van der Waals surface area (Å²) in [7, 11) is 0. The van der Waals surface area contributed by atoms with Crippen LogP contribution in [-0.4, -0.2) is 70.1 Å². The number of carboxylic acid groups (broad SMARTS) is 1. The van der Waals surface area contributed by atoms with Crippen molar-refractivity contribution >= 4 is 35.5 Å². The third-order valence-corrected chi connectivity index (χ3v) is 6.27. The molecule has 4 unspecified atom stereocenters. The van der Waals surface area contributed by atoms with E-state index in [1.54, 1.807) is 54.2 Å². The summed E-state index contributed by atoms with van der Waals surface area (Å²) in [6.45, 7) is 1.43. The van der Waals surface area contributed by atoms with Gasteiger partial charge in [-0.05, 0) is 48.6 Å². The molecule has 2 rings (SSSR count). The molecule has 7 N–H and O–H groups in total. The highest BCUT2D eigenvalue weighted by Crippen LogP contribution is 2.12. The van der Waals surface area contributed by atoms with Crippen LogP contribution in [0.3, 0.4) is 0 Å². The number of carboxylic acids is 1. The minimum Gasteiger partial charge on any atom is -0.508 e. The third kappa shape index (κ3) is 10.1. The Kier molecular flexibility index (Phi) is 11.9. The van der Waals surface area contributed by atoms with Gasteiger partial charge in [-0.3, -0.25) is 14.4 Å². The molecule has 200 valence electrons. The summed E-state index contributed by atoms with van der Waals surface area (Å²) in [6.07, 6.45) is 2.49. The second-order valence-electron chi connectivity index (χ2n) is 8.64. The first-order chi connectivity index (χ1) is 17.6. The van der Waals surface area contributed by atoms with Crippen LogP contribution in [0.5, 0.6) is 5.75 Å². The number of hydrogen-bond acceptors (Lipinski definition) is 7. The van der Waals surface area contributed by atoms with Gasteiger partial charge in [0.2, 0.25) is 17.7 Å². The molecule has 0 aromatic heterocycles. The van der Waals surface area contributed by atoms with Crippen LogP contribution in [0.4, 0.5) is 0 Å². The minimum atomic E-state index is -1.20. The first kappa shape index (κ1) is 29.7. The molecule has 0 saturated carbocycles. The zero-order valence-electron chi connectivity index (χ0n) is 20.8. The maximum Gasteiger partial charge on any atom is 0.326 e. The predicted octanol–water partition coefficient (Wildman–Crippen LogP) is 0.817. The molecule has 4 atom stereocenters. The number of amides is 3. The molecule has 0 radical (unpaired) electrons. The molecule has 37 heavy (non-hydrogen) atoms. The van der Waals surface area contributed by atoms with E-state index in [4.69, 9.17) is 5.73 Å². The Bertz CT molecular complexity index is 1050. The summed E-state index contributed by atoms with van der Waals surface area (Å²) in [5, 5.41) is 26.7. The zero-order chi connectivity index (χ0) is 27.4. The van der Waals surface area contributed by atoms with E-state index < -0.39 is 47.9 Å². The number of rotatable bonds is 14. The highest BCUT2D eigenvalue weighted by atomic mass is 32.2. The Balaban J connectivity index is 2.08. The van der Waals surface area contributed by atoms with E-state index in [0.29, 0.717) is 17.7 Å². The van der Waals surface area contributed by atoms with Gasteiger partial charge in [0.15, 0.2) is 0 Å². The van der Waals surface area contributed by atoms with Gasteiger partial charge in [-0.1, -0.05) is 42.5 Å². The van der Waals surface area contributed by atoms with Crippen molar-refractivity contribution in [1.82, 2.24) is 16.0 Å². The van der Waals surface area contributed by atoms with Crippen molar-refractivity contribution in [1.29, 1.82) is 0 Å². The predicted molar refractivity (Wildman–Crippen MR) is 142 cm³/mol. The van der Waals surface area contributed by atoms with Crippen LogP contribution in [0.25, 0.3) is 0 Å². The standard InChI is InChI=1S/C26H34N4O6S/c1-16(23(32)30-22(26(35)36)15-17-6-4-3-5-7-17)28-25(34)21(14-18-8-10-19(31)11-9-18)29-24(33)20(27)12-13-37-2/h3-11,16,20-22,31H,12-15,27H2,1-2H3,(H,28,34)(H,29,33)(H,30,32)(H,35,36). The highest BCUT2D eigenvalue weighted by molar-refractivity contribution is 7.98. The number of carbonyl (C=O) groups is 4. The van der Waals surface area contributed by atoms with Crippen LogP contribution in [0.2, 0.25) is 0 Å². The molecule has 2 aromatic rings. The largest absolute Gasteiger partial charge is 0.508 e. The Hall–Kier alpha value is -3.57. The normalized spacial score (nSPS) is 14.0. The van der Waals surface area contributed by atoms with Crippen LogP contribution in [0.1, 0.15) is 24.5 Å². The van der Waals surface area contributed by atoms with Crippen LogP contribution in [0, 0.1) is 0 Å². The molecule has 11 heteroatoms. The van der Waals surface area contributed by atoms with Gasteiger partial charge >= 0.3 is 5.97 Å². The van der Waals surface area contributed by atoms with Crippen molar-refractivity contribution in [2.75, 3.05) is 12.0 Å². The van der Waals surface area contributed by atoms with E-state index >= 15 is 0 Å². The fraction of sp³-hybridized carbons (Fsp3) is 0.385. The number of phenols is 1. The first-order valence-corrected chi connectivity index (χ1v) is 13.2. The Morgan fingerprint density at radius 2 is 1.41 bits per heavy atom. The average molecular weight is 531 g/mol. The summed E-state index contributed by atoms with van der Waals surface area (Å²) in [5.41, 5.74) is 7.36. The maximum absolute atomic E-state index is 13.1. The van der Waals surface area contributed by atoms with E-state index in [1.165, 1.54) is 19.1 Å². The van der Waals surface area contributed by atoms with Crippen molar-refractivity contribution in [2.24, 2.45) is 5.73 Å². The number of aromatic hydroxyl groups is 1. The van der Waals surface area contributed by atoms with E-state index in [1.807, 2.05) is 6.26 Å². The molecule has 0 aliphatic carbocycles. The summed E-state index contributed by atoms with van der Waals surface area (Å²) >= 11 is 1.55. The van der Waals surface area contributed by atoms with Gasteiger partial charge in [0.1, 0.15) is 23.9 Å². The number of hydrogen-bond donors (Lipinski definition) is 6. The SMILES string of the molecule is CSCCC(N)C(=O)NC(Cc1ccc(O)cc1)C(=O)NC(C)C(=O)NC(Cc1ccccc1)C(=O)O. The number of thioether (sulfide) groups is 1. The van der Waals surface area contributed by atoms with Crippen LogP contribution in [-0.2, 0) is 32.0 Å². The molecular formula is C26H34N4O6S. The Morgan fingerprint density at radius 1 is 0.838 bits per heavy atom. The molecule has 0 aliphatic heterocycles. The average Bonchev–Trinajstić information content (AvgIpc) is 2.87. The molecule has 0 spiro atoms. The second-order valence-corrected chi connectivity index (χ2v) is 9.62. The minimum absolute atomic E-state index is 0.0571. The van der Waals surface area contributed by atoms with Crippen LogP contribution >= 0.6 is 11.8 Å². The fourth-order valence-corrected chi connectivity index (χ4v) is 3.95. The highest BCUT2D eigenvalue weighted by Gasteiger charge is 2.28. The Morgan fingerprint density at radius 3 is 2.00 bits per heavy atom. The van der Waals surface area contributed by atoms with Crippen LogP contribution in [0.15, 0.2) is 54.6 Å². The lowest BCUT2D eigenvalue weighted by Gasteiger charge is -2.24. The zero-order valence-corrected chi connectivity index (χ0v) is 21.7. The van der Waals surface area contributed by atoms with Gasteiger partial charge in [-0.25, -0.2) is 4.79 Å². The summed E-state index contributed by atoms with van der Waals surface area (Å²) < 4.78 is 0. The molecule has 0 saturated heterocycles. The second kappa shape index (κ2) is 14.9. The number of phenolic OH excluding ortho intramolecular Hbond substituents is 1. The molecule has 10 nitrogen and oxygen atoms in total. The van der Waals surface area contributed by atoms with E-state index in [-0.39, 0.29) is 18.6 Å². The lowest BCUT2D eigenvalue weighted by Crippen LogP contribution is -2.57. The van der Waals surface area contributed by atoms with Gasteiger partial charge in [-0.2, -0.15) is 11.8 Å². The number of nitrogens with one attached hydrogen (secondary N) is 3. The molecule has 0 bridgehead atoms. The van der Waals surface area contributed by atoms with Gasteiger partial charge in [0.25, 0.3) is 0 Å². The van der Waals surface area contributed by atoms with Crippen LogP contribution < -0.4 is 21.7 Å². The van der Waals surface area contributed by atoms with Crippen molar-refractivity contribution in [3.63, 3.8) is 0 Å². The summed E-state index contributed by atoms with van der Waals surface area (Å²) in [6, 6.07) is 10.9. The monoisotopic (exact) mass is 530 g/mol. The van der Waals surface area contributed by atoms with Crippen molar-refractivity contribution in [2.45, 2.75) is 50.4 Å².